The standard InChI is InChI=1S/C16H22N2O2S/c1-3-4-7-18(8-9-19)16(20)15-14(17)12-6-5-11(2)10-13(12)21-15/h5-6,10,19H,3-4,7-9,17H2,1-2H3. The van der Waals surface area contributed by atoms with Crippen LogP contribution in [0.5, 0.6) is 0 Å². The lowest BCUT2D eigenvalue weighted by Crippen LogP contribution is -2.34. The van der Waals surface area contributed by atoms with Crippen LogP contribution in [0.25, 0.3) is 10.1 Å². The van der Waals surface area contributed by atoms with Crippen LogP contribution in [0.4, 0.5) is 5.69 Å². The Kier molecular flexibility index (Phi) is 5.20. The van der Waals surface area contributed by atoms with Gasteiger partial charge in [0.15, 0.2) is 0 Å². The molecule has 2 rings (SSSR count). The molecule has 5 heteroatoms. The van der Waals surface area contributed by atoms with E-state index in [0.29, 0.717) is 23.7 Å². The molecule has 0 bridgehead atoms. The maximum Gasteiger partial charge on any atom is 0.266 e. The number of nitrogens with zero attached hydrogens (tertiary/aromatic N) is 1. The average Bonchev–Trinajstić information content (AvgIpc) is 2.79. The minimum Gasteiger partial charge on any atom is -0.397 e. The van der Waals surface area contributed by atoms with Crippen molar-refractivity contribution in [3.63, 3.8) is 0 Å². The summed E-state index contributed by atoms with van der Waals surface area (Å²) >= 11 is 1.44. The van der Waals surface area contributed by atoms with Crippen LogP contribution in [0, 0.1) is 6.92 Å². The van der Waals surface area contributed by atoms with E-state index >= 15 is 0 Å². The first-order valence-electron chi connectivity index (χ1n) is 7.27. The first-order valence-corrected chi connectivity index (χ1v) is 8.08. The predicted octanol–water partition coefficient (Wildman–Crippen LogP) is 3.03. The third kappa shape index (κ3) is 3.36. The minimum absolute atomic E-state index is 0.0284. The van der Waals surface area contributed by atoms with Crippen LogP contribution in [0.1, 0.15) is 35.0 Å². The molecular formula is C16H22N2O2S. The Labute approximate surface area is 129 Å². The van der Waals surface area contributed by atoms with E-state index in [2.05, 4.69) is 13.0 Å². The predicted molar refractivity (Wildman–Crippen MR) is 88.9 cm³/mol. The Morgan fingerprint density at radius 2 is 2.14 bits per heavy atom. The quantitative estimate of drug-likeness (QED) is 0.862. The highest BCUT2D eigenvalue weighted by Gasteiger charge is 2.21. The van der Waals surface area contributed by atoms with Gasteiger partial charge in [0.1, 0.15) is 4.88 Å². The Bertz CT molecular complexity index is 636. The Morgan fingerprint density at radius 1 is 1.38 bits per heavy atom. The SMILES string of the molecule is CCCCN(CCO)C(=O)c1sc2cc(C)ccc2c1N. The number of hydrogen-bond acceptors (Lipinski definition) is 4. The van der Waals surface area contributed by atoms with E-state index in [1.165, 1.54) is 11.3 Å². The van der Waals surface area contributed by atoms with Gasteiger partial charge in [-0.05, 0) is 25.0 Å². The number of rotatable bonds is 6. The molecule has 4 nitrogen and oxygen atoms in total. The number of fused-ring (bicyclic) bond motifs is 1. The summed E-state index contributed by atoms with van der Waals surface area (Å²) in [5.74, 6) is -0.0751. The zero-order valence-corrected chi connectivity index (χ0v) is 13.4. The van der Waals surface area contributed by atoms with E-state index in [1.807, 2.05) is 19.1 Å². The van der Waals surface area contributed by atoms with E-state index in [-0.39, 0.29) is 12.5 Å². The van der Waals surface area contributed by atoms with Crippen molar-refractivity contribution in [3.05, 3.63) is 28.6 Å². The lowest BCUT2D eigenvalue weighted by atomic mass is 10.1. The number of nitrogen functional groups attached to an aromatic ring is 1. The topological polar surface area (TPSA) is 66.6 Å². The van der Waals surface area contributed by atoms with Gasteiger partial charge in [-0.25, -0.2) is 0 Å². The molecule has 0 aliphatic rings. The second-order valence-corrected chi connectivity index (χ2v) is 6.27. The number of nitrogens with two attached hydrogens (primary N) is 1. The Morgan fingerprint density at radius 3 is 2.81 bits per heavy atom. The number of benzene rings is 1. The van der Waals surface area contributed by atoms with Gasteiger partial charge >= 0.3 is 0 Å². The summed E-state index contributed by atoms with van der Waals surface area (Å²) in [6.45, 7) is 5.09. The van der Waals surface area contributed by atoms with E-state index in [1.54, 1.807) is 4.90 Å². The third-order valence-corrected chi connectivity index (χ3v) is 4.67. The fourth-order valence-corrected chi connectivity index (χ4v) is 3.50. The van der Waals surface area contributed by atoms with Gasteiger partial charge < -0.3 is 15.7 Å². The van der Waals surface area contributed by atoms with Crippen LogP contribution < -0.4 is 5.73 Å². The van der Waals surface area contributed by atoms with Gasteiger partial charge in [0.2, 0.25) is 0 Å². The van der Waals surface area contributed by atoms with Crippen molar-refractivity contribution >= 4 is 33.0 Å². The van der Waals surface area contributed by atoms with Crippen LogP contribution in [-0.2, 0) is 0 Å². The van der Waals surface area contributed by atoms with Crippen LogP contribution in [0.2, 0.25) is 0 Å². The van der Waals surface area contributed by atoms with Crippen molar-refractivity contribution in [2.75, 3.05) is 25.4 Å². The number of hydrogen-bond donors (Lipinski definition) is 2. The van der Waals surface area contributed by atoms with Gasteiger partial charge in [-0.1, -0.05) is 25.5 Å². The maximum absolute atomic E-state index is 12.7. The zero-order chi connectivity index (χ0) is 15.4. The molecule has 1 aromatic heterocycles. The molecule has 0 radical (unpaired) electrons. The first kappa shape index (κ1) is 15.8. The monoisotopic (exact) mass is 306 g/mol. The number of thiophene rings is 1. The molecule has 0 saturated carbocycles. The number of carbonyl (C=O) groups is 1. The Hall–Kier alpha value is -1.59. The molecule has 21 heavy (non-hydrogen) atoms. The van der Waals surface area contributed by atoms with E-state index in [0.717, 1.165) is 28.5 Å². The largest absolute Gasteiger partial charge is 0.397 e. The molecule has 0 fully saturated rings. The van der Waals surface area contributed by atoms with Crippen molar-refractivity contribution in [2.45, 2.75) is 26.7 Å². The summed E-state index contributed by atoms with van der Waals surface area (Å²) in [5, 5.41) is 10.1. The average molecular weight is 306 g/mol. The third-order valence-electron chi connectivity index (χ3n) is 3.52. The number of carbonyl (C=O) groups excluding carboxylic acids is 1. The number of amides is 1. The molecule has 0 aliphatic heterocycles. The Balaban J connectivity index is 2.34. The zero-order valence-electron chi connectivity index (χ0n) is 12.6. The number of anilines is 1. The van der Waals surface area contributed by atoms with Crippen LogP contribution in [0.15, 0.2) is 18.2 Å². The summed E-state index contributed by atoms with van der Waals surface area (Å²) in [7, 11) is 0. The molecule has 3 N–H and O–H groups in total. The van der Waals surface area contributed by atoms with Crippen molar-refractivity contribution in [2.24, 2.45) is 0 Å². The molecule has 1 heterocycles. The van der Waals surface area contributed by atoms with Gasteiger partial charge in [0.25, 0.3) is 5.91 Å². The van der Waals surface area contributed by atoms with Gasteiger partial charge in [0, 0.05) is 23.2 Å². The smallest absolute Gasteiger partial charge is 0.266 e. The van der Waals surface area contributed by atoms with Crippen molar-refractivity contribution in [1.29, 1.82) is 0 Å². The van der Waals surface area contributed by atoms with Gasteiger partial charge in [-0.15, -0.1) is 11.3 Å². The van der Waals surface area contributed by atoms with E-state index in [4.69, 9.17) is 10.8 Å². The lowest BCUT2D eigenvalue weighted by molar-refractivity contribution is 0.0725. The summed E-state index contributed by atoms with van der Waals surface area (Å²) in [4.78, 5) is 14.9. The lowest BCUT2D eigenvalue weighted by Gasteiger charge is -2.21. The normalized spacial score (nSPS) is 11.0. The molecule has 0 atom stereocenters. The summed E-state index contributed by atoms with van der Waals surface area (Å²) in [5.41, 5.74) is 7.86. The van der Waals surface area contributed by atoms with Crippen LogP contribution in [-0.4, -0.2) is 35.6 Å². The maximum atomic E-state index is 12.7. The highest BCUT2D eigenvalue weighted by molar-refractivity contribution is 7.21. The molecule has 0 spiro atoms. The second-order valence-electron chi connectivity index (χ2n) is 5.21. The number of aliphatic hydroxyl groups excluding tert-OH is 1. The molecule has 0 unspecified atom stereocenters. The second kappa shape index (κ2) is 6.91. The molecule has 0 saturated heterocycles. The highest BCUT2D eigenvalue weighted by Crippen LogP contribution is 2.35. The summed E-state index contributed by atoms with van der Waals surface area (Å²) in [6, 6.07) is 6.02. The fraction of sp³-hybridized carbons (Fsp3) is 0.438. The van der Waals surface area contributed by atoms with Crippen molar-refractivity contribution < 1.29 is 9.90 Å². The molecule has 0 aliphatic carbocycles. The molecule has 2 aromatic rings. The van der Waals surface area contributed by atoms with Gasteiger partial charge in [-0.2, -0.15) is 0 Å². The number of aliphatic hydroxyl groups is 1. The van der Waals surface area contributed by atoms with Crippen molar-refractivity contribution in [1.82, 2.24) is 4.90 Å². The summed E-state index contributed by atoms with van der Waals surface area (Å²) < 4.78 is 1.04. The summed E-state index contributed by atoms with van der Waals surface area (Å²) in [6.07, 6.45) is 1.94. The highest BCUT2D eigenvalue weighted by atomic mass is 32.1. The number of unbranched alkanes of at least 4 members (excludes halogenated alkanes) is 1. The van der Waals surface area contributed by atoms with E-state index < -0.39 is 0 Å². The van der Waals surface area contributed by atoms with Crippen LogP contribution in [0.3, 0.4) is 0 Å². The van der Waals surface area contributed by atoms with Crippen LogP contribution >= 0.6 is 11.3 Å². The minimum atomic E-state index is -0.0751. The van der Waals surface area contributed by atoms with Gasteiger partial charge in [0.05, 0.1) is 12.3 Å². The molecule has 1 amide bonds. The first-order chi connectivity index (χ1) is 10.1. The molecule has 1 aromatic carbocycles. The van der Waals surface area contributed by atoms with Crippen molar-refractivity contribution in [3.8, 4) is 0 Å². The number of aryl methyl sites for hydroxylation is 1. The van der Waals surface area contributed by atoms with Gasteiger partial charge in [-0.3, -0.25) is 4.79 Å². The molecular weight excluding hydrogens is 284 g/mol. The van der Waals surface area contributed by atoms with E-state index in [9.17, 15) is 4.79 Å². The molecule has 114 valence electrons. The fourth-order valence-electron chi connectivity index (χ4n) is 2.31.